The Kier molecular flexibility index (Phi) is 4.35. The van der Waals surface area contributed by atoms with Crippen LogP contribution in [0, 0.1) is 6.92 Å². The maximum Gasteiger partial charge on any atom is 0.122 e. The minimum absolute atomic E-state index is 0.306. The fourth-order valence-electron chi connectivity index (χ4n) is 1.96. The Balaban J connectivity index is 2.40. The van der Waals surface area contributed by atoms with Crippen molar-refractivity contribution < 1.29 is 4.74 Å². The van der Waals surface area contributed by atoms with Crippen LogP contribution >= 0.6 is 23.2 Å². The van der Waals surface area contributed by atoms with E-state index in [1.54, 1.807) is 19.2 Å². The zero-order valence-corrected chi connectivity index (χ0v) is 12.3. The second kappa shape index (κ2) is 5.83. The van der Waals surface area contributed by atoms with Gasteiger partial charge in [0, 0.05) is 10.0 Å². The molecule has 0 aliphatic rings. The molecule has 0 aliphatic carbocycles. The predicted octanol–water partition coefficient (Wildman–Crippen LogP) is 4.36. The molecular formula is C15H15Cl2NO. The van der Waals surface area contributed by atoms with Crippen LogP contribution in [-0.2, 0) is 0 Å². The van der Waals surface area contributed by atoms with Crippen LogP contribution in [0.5, 0.6) is 5.75 Å². The number of aryl methyl sites for hydroxylation is 1. The van der Waals surface area contributed by atoms with Gasteiger partial charge in [0.25, 0.3) is 0 Å². The zero-order chi connectivity index (χ0) is 14.0. The van der Waals surface area contributed by atoms with Gasteiger partial charge in [-0.1, -0.05) is 41.4 Å². The molecule has 0 aliphatic heterocycles. The van der Waals surface area contributed by atoms with Gasteiger partial charge in [-0.15, -0.1) is 0 Å². The summed E-state index contributed by atoms with van der Waals surface area (Å²) in [7, 11) is 1.65. The van der Waals surface area contributed by atoms with Crippen LogP contribution in [0.1, 0.15) is 22.7 Å². The van der Waals surface area contributed by atoms with Gasteiger partial charge in [-0.25, -0.2) is 0 Å². The molecule has 0 saturated heterocycles. The Morgan fingerprint density at radius 2 is 1.84 bits per heavy atom. The summed E-state index contributed by atoms with van der Waals surface area (Å²) in [6, 6.07) is 10.9. The summed E-state index contributed by atoms with van der Waals surface area (Å²) in [5.74, 6) is 0.818. The highest BCUT2D eigenvalue weighted by atomic mass is 35.5. The molecule has 0 spiro atoms. The monoisotopic (exact) mass is 295 g/mol. The Morgan fingerprint density at radius 3 is 2.47 bits per heavy atom. The number of halogens is 2. The average Bonchev–Trinajstić information content (AvgIpc) is 2.38. The molecule has 2 aromatic rings. The topological polar surface area (TPSA) is 35.2 Å². The highest BCUT2D eigenvalue weighted by Gasteiger charge is 2.14. The first kappa shape index (κ1) is 14.2. The Morgan fingerprint density at radius 1 is 1.11 bits per heavy atom. The molecule has 19 heavy (non-hydrogen) atoms. The van der Waals surface area contributed by atoms with Crippen molar-refractivity contribution in [2.45, 2.75) is 13.0 Å². The Hall–Kier alpha value is -1.22. The number of ether oxygens (including phenoxy) is 1. The molecule has 4 heteroatoms. The Labute approximate surface area is 123 Å². The minimum atomic E-state index is -0.306. The lowest BCUT2D eigenvalue weighted by Gasteiger charge is -2.16. The number of nitrogens with two attached hydrogens (primary N) is 1. The fourth-order valence-corrected chi connectivity index (χ4v) is 2.49. The van der Waals surface area contributed by atoms with Crippen molar-refractivity contribution >= 4 is 23.2 Å². The number of hydrogen-bond acceptors (Lipinski definition) is 2. The van der Waals surface area contributed by atoms with Gasteiger partial charge in [-0.05, 0) is 41.8 Å². The van der Waals surface area contributed by atoms with Crippen molar-refractivity contribution in [3.05, 3.63) is 63.1 Å². The third kappa shape index (κ3) is 3.03. The minimum Gasteiger partial charge on any atom is -0.496 e. The standard InChI is InChI=1S/C15H15Cl2NO/c1-9-3-4-10(7-14(9)19-2)15(18)12-6-5-11(16)8-13(12)17/h3-8,15H,18H2,1-2H3. The molecule has 2 aromatic carbocycles. The first-order chi connectivity index (χ1) is 9.02. The van der Waals surface area contributed by atoms with E-state index < -0.39 is 0 Å². The van der Waals surface area contributed by atoms with E-state index in [-0.39, 0.29) is 6.04 Å². The van der Waals surface area contributed by atoms with Gasteiger partial charge in [-0.2, -0.15) is 0 Å². The smallest absolute Gasteiger partial charge is 0.122 e. The average molecular weight is 296 g/mol. The van der Waals surface area contributed by atoms with E-state index in [0.29, 0.717) is 10.0 Å². The summed E-state index contributed by atoms with van der Waals surface area (Å²) in [5.41, 5.74) is 9.12. The molecule has 0 amide bonds. The van der Waals surface area contributed by atoms with Crippen molar-refractivity contribution in [3.63, 3.8) is 0 Å². The number of methoxy groups -OCH3 is 1. The van der Waals surface area contributed by atoms with Gasteiger partial charge >= 0.3 is 0 Å². The van der Waals surface area contributed by atoms with Crippen LogP contribution in [0.3, 0.4) is 0 Å². The molecule has 100 valence electrons. The highest BCUT2D eigenvalue weighted by Crippen LogP contribution is 2.31. The van der Waals surface area contributed by atoms with Crippen LogP contribution in [0.4, 0.5) is 0 Å². The highest BCUT2D eigenvalue weighted by molar-refractivity contribution is 6.35. The zero-order valence-electron chi connectivity index (χ0n) is 10.8. The van der Waals surface area contributed by atoms with Gasteiger partial charge in [0.05, 0.1) is 13.2 Å². The van der Waals surface area contributed by atoms with Crippen LogP contribution in [0.15, 0.2) is 36.4 Å². The first-order valence-corrected chi connectivity index (χ1v) is 6.63. The van der Waals surface area contributed by atoms with Crippen molar-refractivity contribution in [3.8, 4) is 5.75 Å². The van der Waals surface area contributed by atoms with E-state index in [4.69, 9.17) is 33.7 Å². The van der Waals surface area contributed by atoms with E-state index in [2.05, 4.69) is 0 Å². The van der Waals surface area contributed by atoms with Crippen molar-refractivity contribution in [2.24, 2.45) is 5.73 Å². The summed E-state index contributed by atoms with van der Waals surface area (Å²) < 4.78 is 5.31. The van der Waals surface area contributed by atoms with Crippen LogP contribution in [0.2, 0.25) is 10.0 Å². The molecule has 2 nitrogen and oxygen atoms in total. The molecule has 0 radical (unpaired) electrons. The third-order valence-electron chi connectivity index (χ3n) is 3.09. The molecule has 2 N–H and O–H groups in total. The first-order valence-electron chi connectivity index (χ1n) is 5.88. The van der Waals surface area contributed by atoms with Gasteiger partial charge in [-0.3, -0.25) is 0 Å². The maximum absolute atomic E-state index is 6.26. The molecular weight excluding hydrogens is 281 g/mol. The summed E-state index contributed by atoms with van der Waals surface area (Å²) in [4.78, 5) is 0. The van der Waals surface area contributed by atoms with Crippen molar-refractivity contribution in [2.75, 3.05) is 7.11 Å². The van der Waals surface area contributed by atoms with Crippen LogP contribution < -0.4 is 10.5 Å². The lowest BCUT2D eigenvalue weighted by molar-refractivity contribution is 0.411. The predicted molar refractivity (Wildman–Crippen MR) is 80.2 cm³/mol. The molecule has 0 heterocycles. The second-order valence-corrected chi connectivity index (χ2v) is 5.22. The van der Waals surface area contributed by atoms with Crippen molar-refractivity contribution in [1.82, 2.24) is 0 Å². The normalized spacial score (nSPS) is 12.3. The molecule has 0 fully saturated rings. The molecule has 0 saturated carbocycles. The van der Waals surface area contributed by atoms with Gasteiger partial charge in [0.15, 0.2) is 0 Å². The number of benzene rings is 2. The molecule has 0 aromatic heterocycles. The summed E-state index contributed by atoms with van der Waals surface area (Å²) in [6.07, 6.45) is 0. The van der Waals surface area contributed by atoms with Gasteiger partial charge in [0.1, 0.15) is 5.75 Å². The Bertz CT molecular complexity index is 599. The van der Waals surface area contributed by atoms with Crippen LogP contribution in [-0.4, -0.2) is 7.11 Å². The second-order valence-electron chi connectivity index (χ2n) is 4.37. The molecule has 2 rings (SSSR count). The van der Waals surface area contributed by atoms with E-state index >= 15 is 0 Å². The largest absolute Gasteiger partial charge is 0.496 e. The van der Waals surface area contributed by atoms with Crippen molar-refractivity contribution in [1.29, 1.82) is 0 Å². The van der Waals surface area contributed by atoms with E-state index in [1.807, 2.05) is 31.2 Å². The maximum atomic E-state index is 6.26. The summed E-state index contributed by atoms with van der Waals surface area (Å²) >= 11 is 12.1. The summed E-state index contributed by atoms with van der Waals surface area (Å²) in [5, 5.41) is 1.17. The fraction of sp³-hybridized carbons (Fsp3) is 0.200. The van der Waals surface area contributed by atoms with E-state index in [0.717, 1.165) is 22.4 Å². The SMILES string of the molecule is COc1cc(C(N)c2ccc(Cl)cc2Cl)ccc1C. The van der Waals surface area contributed by atoms with Gasteiger partial charge in [0.2, 0.25) is 0 Å². The quantitative estimate of drug-likeness (QED) is 0.913. The van der Waals surface area contributed by atoms with E-state index in [1.165, 1.54) is 0 Å². The third-order valence-corrected chi connectivity index (χ3v) is 3.65. The lowest BCUT2D eigenvalue weighted by Crippen LogP contribution is -2.12. The van der Waals surface area contributed by atoms with Gasteiger partial charge < -0.3 is 10.5 Å². The lowest BCUT2D eigenvalue weighted by atomic mass is 9.98. The van der Waals surface area contributed by atoms with E-state index in [9.17, 15) is 0 Å². The molecule has 0 bridgehead atoms. The number of rotatable bonds is 3. The molecule has 1 unspecified atom stereocenters. The van der Waals surface area contributed by atoms with Crippen LogP contribution in [0.25, 0.3) is 0 Å². The number of hydrogen-bond donors (Lipinski definition) is 1. The summed E-state index contributed by atoms with van der Waals surface area (Å²) in [6.45, 7) is 1.99. The molecule has 1 atom stereocenters.